The van der Waals surface area contributed by atoms with Gasteiger partial charge < -0.3 is 5.32 Å². The summed E-state index contributed by atoms with van der Waals surface area (Å²) in [4.78, 5) is 13.4. The number of nitrogens with one attached hydrogen (secondary N) is 2. The van der Waals surface area contributed by atoms with E-state index in [9.17, 15) is 13.2 Å². The van der Waals surface area contributed by atoms with E-state index in [2.05, 4.69) is 10.0 Å². The van der Waals surface area contributed by atoms with E-state index in [0.717, 1.165) is 10.4 Å². The molecule has 0 aliphatic rings. The zero-order valence-electron chi connectivity index (χ0n) is 13.9. The first-order valence-corrected chi connectivity index (χ1v) is 10.3. The lowest BCUT2D eigenvalue weighted by Gasteiger charge is -2.09. The molecule has 1 heterocycles. The molecule has 7 heteroatoms. The summed E-state index contributed by atoms with van der Waals surface area (Å²) in [6, 6.07) is 19.1. The zero-order chi connectivity index (χ0) is 18.4. The first-order valence-electron chi connectivity index (χ1n) is 7.99. The molecule has 0 saturated heterocycles. The molecule has 0 saturated carbocycles. The largest absolute Gasteiger partial charge is 0.347 e. The van der Waals surface area contributed by atoms with Gasteiger partial charge in [-0.05, 0) is 35.2 Å². The average Bonchev–Trinajstić information content (AvgIpc) is 3.19. The van der Waals surface area contributed by atoms with Crippen molar-refractivity contribution in [1.29, 1.82) is 0 Å². The van der Waals surface area contributed by atoms with Gasteiger partial charge in [-0.15, -0.1) is 11.3 Å². The van der Waals surface area contributed by atoms with Crippen LogP contribution in [0.3, 0.4) is 0 Å². The highest BCUT2D eigenvalue weighted by atomic mass is 32.2. The molecule has 0 unspecified atom stereocenters. The molecule has 5 nitrogen and oxygen atoms in total. The predicted octanol–water partition coefficient (Wildman–Crippen LogP) is 3.16. The Morgan fingerprint density at radius 1 is 0.923 bits per heavy atom. The fraction of sp³-hybridized carbons (Fsp3) is 0.105. The number of carbonyl (C=O) groups is 1. The van der Waals surface area contributed by atoms with E-state index in [0.29, 0.717) is 12.1 Å². The Kier molecular flexibility index (Phi) is 5.82. The molecule has 2 N–H and O–H groups in total. The number of benzene rings is 2. The summed E-state index contributed by atoms with van der Waals surface area (Å²) in [5.74, 6) is -0.307. The summed E-state index contributed by atoms with van der Waals surface area (Å²) >= 11 is 1.55. The van der Waals surface area contributed by atoms with Gasteiger partial charge in [0, 0.05) is 17.0 Å². The van der Waals surface area contributed by atoms with Crippen LogP contribution in [0.25, 0.3) is 0 Å². The predicted molar refractivity (Wildman–Crippen MR) is 102 cm³/mol. The Morgan fingerprint density at radius 3 is 2.46 bits per heavy atom. The van der Waals surface area contributed by atoms with Crippen molar-refractivity contribution in [2.75, 3.05) is 0 Å². The number of amides is 1. The summed E-state index contributed by atoms with van der Waals surface area (Å²) in [6.07, 6.45) is 0. The van der Waals surface area contributed by atoms with Crippen LogP contribution in [0.2, 0.25) is 0 Å². The molecule has 0 aliphatic heterocycles. The van der Waals surface area contributed by atoms with Gasteiger partial charge in [0.05, 0.1) is 11.4 Å². The molecule has 0 aliphatic carbocycles. The smallest absolute Gasteiger partial charge is 0.251 e. The Hall–Kier alpha value is -2.48. The minimum Gasteiger partial charge on any atom is -0.347 e. The van der Waals surface area contributed by atoms with Gasteiger partial charge in [0.25, 0.3) is 5.91 Å². The lowest BCUT2D eigenvalue weighted by molar-refractivity contribution is 0.0951. The van der Waals surface area contributed by atoms with Gasteiger partial charge in [-0.3, -0.25) is 4.79 Å². The number of hydrogen-bond donors (Lipinski definition) is 2. The van der Waals surface area contributed by atoms with Gasteiger partial charge in [0.1, 0.15) is 0 Å². The van der Waals surface area contributed by atoms with E-state index in [1.807, 2.05) is 47.8 Å². The van der Waals surface area contributed by atoms with Crippen LogP contribution in [0, 0.1) is 0 Å². The van der Waals surface area contributed by atoms with E-state index in [4.69, 9.17) is 0 Å². The van der Waals surface area contributed by atoms with E-state index in [1.165, 1.54) is 12.1 Å². The summed E-state index contributed by atoms with van der Waals surface area (Å²) < 4.78 is 27.5. The van der Waals surface area contributed by atoms with Crippen LogP contribution in [-0.2, 0) is 23.1 Å². The number of sulfonamides is 1. The third kappa shape index (κ3) is 4.78. The molecule has 0 atom stereocenters. The SMILES string of the molecule is O=C(NCc1cccs1)c1cccc(S(=O)(=O)NCc2ccccc2)c1. The third-order valence-corrected chi connectivity index (χ3v) is 5.99. The second-order valence-corrected chi connectivity index (χ2v) is 8.40. The second-order valence-electron chi connectivity index (χ2n) is 5.60. The first-order chi connectivity index (χ1) is 12.5. The van der Waals surface area contributed by atoms with E-state index in [1.54, 1.807) is 23.5 Å². The molecule has 134 valence electrons. The monoisotopic (exact) mass is 386 g/mol. The van der Waals surface area contributed by atoms with Gasteiger partial charge in [-0.25, -0.2) is 13.1 Å². The molecule has 0 spiro atoms. The van der Waals surface area contributed by atoms with Gasteiger partial charge in [-0.2, -0.15) is 0 Å². The van der Waals surface area contributed by atoms with Gasteiger partial charge in [0.15, 0.2) is 0 Å². The maximum absolute atomic E-state index is 12.5. The van der Waals surface area contributed by atoms with E-state index in [-0.39, 0.29) is 17.3 Å². The molecule has 0 fully saturated rings. The minimum atomic E-state index is -3.70. The molecule has 2 aromatic carbocycles. The van der Waals surface area contributed by atoms with E-state index < -0.39 is 10.0 Å². The first kappa shape index (κ1) is 18.3. The molecule has 3 rings (SSSR count). The van der Waals surface area contributed by atoms with Crippen LogP contribution in [-0.4, -0.2) is 14.3 Å². The highest BCUT2D eigenvalue weighted by molar-refractivity contribution is 7.89. The minimum absolute atomic E-state index is 0.0669. The molecule has 1 aromatic heterocycles. The van der Waals surface area contributed by atoms with Crippen molar-refractivity contribution in [3.63, 3.8) is 0 Å². The summed E-state index contributed by atoms with van der Waals surface area (Å²) in [6.45, 7) is 0.609. The van der Waals surface area contributed by atoms with Crippen molar-refractivity contribution in [1.82, 2.24) is 10.0 Å². The number of carbonyl (C=O) groups excluding carboxylic acids is 1. The molecule has 3 aromatic rings. The zero-order valence-corrected chi connectivity index (χ0v) is 15.5. The lowest BCUT2D eigenvalue weighted by Crippen LogP contribution is -2.25. The normalized spacial score (nSPS) is 11.2. The van der Waals surface area contributed by atoms with Crippen molar-refractivity contribution in [2.24, 2.45) is 0 Å². The molecule has 0 radical (unpaired) electrons. The number of rotatable bonds is 7. The summed E-state index contributed by atoms with van der Waals surface area (Å²) in [5.41, 5.74) is 1.17. The maximum atomic E-state index is 12.5. The maximum Gasteiger partial charge on any atom is 0.251 e. The van der Waals surface area contributed by atoms with Crippen LogP contribution in [0.4, 0.5) is 0 Å². The highest BCUT2D eigenvalue weighted by Gasteiger charge is 2.16. The molecular formula is C19H18N2O3S2. The number of thiophene rings is 1. The quantitative estimate of drug-likeness (QED) is 0.655. The molecular weight excluding hydrogens is 368 g/mol. The third-order valence-electron chi connectivity index (χ3n) is 3.72. The van der Waals surface area contributed by atoms with Crippen LogP contribution >= 0.6 is 11.3 Å². The Morgan fingerprint density at radius 2 is 1.73 bits per heavy atom. The van der Waals surface area contributed by atoms with Crippen molar-refractivity contribution in [3.8, 4) is 0 Å². The fourth-order valence-corrected chi connectivity index (χ4v) is 4.05. The Labute approximate surface area is 156 Å². The van der Waals surface area contributed by atoms with Gasteiger partial charge in [0.2, 0.25) is 10.0 Å². The van der Waals surface area contributed by atoms with Crippen LogP contribution in [0.15, 0.2) is 77.0 Å². The van der Waals surface area contributed by atoms with Gasteiger partial charge in [-0.1, -0.05) is 42.5 Å². The highest BCUT2D eigenvalue weighted by Crippen LogP contribution is 2.13. The molecule has 1 amide bonds. The van der Waals surface area contributed by atoms with Crippen molar-refractivity contribution < 1.29 is 13.2 Å². The van der Waals surface area contributed by atoms with Crippen molar-refractivity contribution in [3.05, 3.63) is 88.1 Å². The van der Waals surface area contributed by atoms with Crippen LogP contribution < -0.4 is 10.0 Å². The number of hydrogen-bond acceptors (Lipinski definition) is 4. The second kappa shape index (κ2) is 8.27. The molecule has 0 bridgehead atoms. The van der Waals surface area contributed by atoms with Crippen LogP contribution in [0.1, 0.15) is 20.8 Å². The molecule has 26 heavy (non-hydrogen) atoms. The topological polar surface area (TPSA) is 75.3 Å². The Bertz CT molecular complexity index is 969. The summed E-state index contributed by atoms with van der Waals surface area (Å²) in [7, 11) is -3.70. The Balaban J connectivity index is 1.68. The summed E-state index contributed by atoms with van der Waals surface area (Å²) in [5, 5.41) is 4.73. The lowest BCUT2D eigenvalue weighted by atomic mass is 10.2. The average molecular weight is 386 g/mol. The van der Waals surface area contributed by atoms with Crippen molar-refractivity contribution >= 4 is 27.3 Å². The fourth-order valence-electron chi connectivity index (χ4n) is 2.34. The van der Waals surface area contributed by atoms with Gasteiger partial charge >= 0.3 is 0 Å². The standard InChI is InChI=1S/C19H18N2O3S2/c22-19(20-14-17-9-5-11-25-17)16-8-4-10-18(12-16)26(23,24)21-13-15-6-2-1-3-7-15/h1-12,21H,13-14H2,(H,20,22). The van der Waals surface area contributed by atoms with Crippen LogP contribution in [0.5, 0.6) is 0 Å². The van der Waals surface area contributed by atoms with E-state index >= 15 is 0 Å². The van der Waals surface area contributed by atoms with Crippen molar-refractivity contribution in [2.45, 2.75) is 18.0 Å².